The topological polar surface area (TPSA) is 79.0 Å². The van der Waals surface area contributed by atoms with Gasteiger partial charge in [0, 0.05) is 30.8 Å². The van der Waals surface area contributed by atoms with Crippen LogP contribution in [0.4, 0.5) is 5.69 Å². The molecule has 0 aliphatic carbocycles. The van der Waals surface area contributed by atoms with Crippen LogP contribution in [0.15, 0.2) is 29.4 Å². The van der Waals surface area contributed by atoms with Crippen molar-refractivity contribution in [1.29, 1.82) is 0 Å². The Balaban J connectivity index is 2.27. The van der Waals surface area contributed by atoms with Gasteiger partial charge in [-0.2, -0.15) is 0 Å². The smallest absolute Gasteiger partial charge is 0.270 e. The van der Waals surface area contributed by atoms with Gasteiger partial charge >= 0.3 is 0 Å². The highest BCUT2D eigenvalue weighted by atomic mass is 16.6. The Morgan fingerprint density at radius 2 is 2.06 bits per heavy atom. The van der Waals surface area contributed by atoms with E-state index < -0.39 is 4.92 Å². The first-order chi connectivity index (χ1) is 8.72. The zero-order valence-electron chi connectivity index (χ0n) is 9.95. The monoisotopic (exact) mass is 249 g/mol. The van der Waals surface area contributed by atoms with Crippen LogP contribution in [0.25, 0.3) is 0 Å². The highest BCUT2D eigenvalue weighted by molar-refractivity contribution is 5.98. The molecule has 0 spiro atoms. The summed E-state index contributed by atoms with van der Waals surface area (Å²) in [6.07, 6.45) is 3.27. The molecule has 1 N–H and O–H groups in total. The fourth-order valence-electron chi connectivity index (χ4n) is 2.17. The minimum atomic E-state index is -0.450. The van der Waals surface area contributed by atoms with Crippen molar-refractivity contribution in [3.8, 4) is 0 Å². The van der Waals surface area contributed by atoms with E-state index in [0.29, 0.717) is 11.4 Å². The predicted molar refractivity (Wildman–Crippen MR) is 66.8 cm³/mol. The molecule has 0 aromatic heterocycles. The van der Waals surface area contributed by atoms with Crippen LogP contribution in [0.2, 0.25) is 0 Å². The molecule has 1 heterocycles. The Labute approximate surface area is 105 Å². The Kier molecular flexibility index (Phi) is 3.76. The molecule has 6 nitrogen and oxygen atoms in total. The fourth-order valence-corrected chi connectivity index (χ4v) is 2.17. The molecule has 96 valence electrons. The molecule has 0 unspecified atom stereocenters. The lowest BCUT2D eigenvalue weighted by molar-refractivity contribution is -0.384. The number of nitro benzene ring substituents is 1. The number of benzene rings is 1. The van der Waals surface area contributed by atoms with Crippen LogP contribution in [-0.4, -0.2) is 34.0 Å². The molecule has 18 heavy (non-hydrogen) atoms. The number of hydrogen-bond acceptors (Lipinski definition) is 4. The summed E-state index contributed by atoms with van der Waals surface area (Å²) in [7, 11) is 0. The maximum atomic E-state index is 10.7. The average Bonchev–Trinajstić information content (AvgIpc) is 2.41. The number of likely N-dealkylation sites (tertiary alicyclic amines) is 1. The lowest BCUT2D eigenvalue weighted by Gasteiger charge is -2.28. The van der Waals surface area contributed by atoms with Crippen molar-refractivity contribution in [3.05, 3.63) is 39.9 Å². The van der Waals surface area contributed by atoms with E-state index in [1.165, 1.54) is 18.6 Å². The second-order valence-electron chi connectivity index (χ2n) is 4.28. The molecule has 0 amide bonds. The number of rotatable bonds is 2. The zero-order chi connectivity index (χ0) is 13.0. The van der Waals surface area contributed by atoms with Crippen molar-refractivity contribution < 1.29 is 10.1 Å². The summed E-state index contributed by atoms with van der Waals surface area (Å²) in [6, 6.07) is 6.18. The summed E-state index contributed by atoms with van der Waals surface area (Å²) in [5.74, 6) is 0.415. The van der Waals surface area contributed by atoms with Crippen LogP contribution in [0, 0.1) is 10.1 Å². The second kappa shape index (κ2) is 5.48. The SMILES string of the molecule is O=[N+]([O-])c1cccc(/C(=N\O)N2CCCCC2)c1. The zero-order valence-corrected chi connectivity index (χ0v) is 9.95. The number of hydrogen-bond donors (Lipinski definition) is 1. The Morgan fingerprint density at radius 3 is 2.67 bits per heavy atom. The molecular weight excluding hydrogens is 234 g/mol. The van der Waals surface area contributed by atoms with Gasteiger partial charge in [0.25, 0.3) is 5.69 Å². The summed E-state index contributed by atoms with van der Waals surface area (Å²) in [5, 5.41) is 23.2. The predicted octanol–water partition coefficient (Wildman–Crippen LogP) is 2.22. The maximum Gasteiger partial charge on any atom is 0.270 e. The Bertz CT molecular complexity index is 467. The molecule has 6 heteroatoms. The third-order valence-corrected chi connectivity index (χ3v) is 3.07. The molecule has 0 atom stereocenters. The average molecular weight is 249 g/mol. The van der Waals surface area contributed by atoms with Gasteiger partial charge in [-0.15, -0.1) is 0 Å². The lowest BCUT2D eigenvalue weighted by Crippen LogP contribution is -2.36. The normalized spacial score (nSPS) is 16.7. The lowest BCUT2D eigenvalue weighted by atomic mass is 10.1. The Morgan fingerprint density at radius 1 is 1.33 bits per heavy atom. The van der Waals surface area contributed by atoms with Gasteiger partial charge in [-0.1, -0.05) is 17.3 Å². The number of non-ortho nitro benzene ring substituents is 1. The van der Waals surface area contributed by atoms with Gasteiger partial charge in [0.05, 0.1) is 4.92 Å². The summed E-state index contributed by atoms with van der Waals surface area (Å²) >= 11 is 0. The van der Waals surface area contributed by atoms with Gasteiger partial charge in [-0.3, -0.25) is 10.1 Å². The molecule has 1 aliphatic heterocycles. The van der Waals surface area contributed by atoms with Crippen molar-refractivity contribution in [2.45, 2.75) is 19.3 Å². The first kappa shape index (κ1) is 12.3. The highest BCUT2D eigenvalue weighted by Gasteiger charge is 2.18. The summed E-state index contributed by atoms with van der Waals surface area (Å²) in [6.45, 7) is 1.64. The van der Waals surface area contributed by atoms with Crippen LogP contribution in [0.3, 0.4) is 0 Å². The summed E-state index contributed by atoms with van der Waals surface area (Å²) in [4.78, 5) is 12.2. The van der Waals surface area contributed by atoms with Crippen LogP contribution in [0.5, 0.6) is 0 Å². The minimum absolute atomic E-state index is 0.00524. The molecule has 1 aliphatic rings. The first-order valence-corrected chi connectivity index (χ1v) is 5.94. The highest BCUT2D eigenvalue weighted by Crippen LogP contribution is 2.18. The van der Waals surface area contributed by atoms with Crippen molar-refractivity contribution in [3.63, 3.8) is 0 Å². The molecular formula is C12H15N3O3. The van der Waals surface area contributed by atoms with Crippen LogP contribution < -0.4 is 0 Å². The van der Waals surface area contributed by atoms with E-state index >= 15 is 0 Å². The van der Waals surface area contributed by atoms with Gasteiger partial charge in [0.1, 0.15) is 0 Å². The standard InChI is InChI=1S/C12H15N3O3/c16-13-12(14-7-2-1-3-8-14)10-5-4-6-11(9-10)15(17)18/h4-6,9,16H,1-3,7-8H2/b13-12+. The van der Waals surface area contributed by atoms with E-state index in [4.69, 9.17) is 5.21 Å². The van der Waals surface area contributed by atoms with E-state index in [0.717, 1.165) is 25.9 Å². The van der Waals surface area contributed by atoms with Crippen molar-refractivity contribution in [1.82, 2.24) is 4.90 Å². The number of nitrogens with zero attached hydrogens (tertiary/aromatic N) is 3. The number of piperidine rings is 1. The van der Waals surface area contributed by atoms with Crippen molar-refractivity contribution in [2.75, 3.05) is 13.1 Å². The summed E-state index contributed by atoms with van der Waals surface area (Å²) in [5.41, 5.74) is 0.583. The number of amidine groups is 1. The third kappa shape index (κ3) is 2.58. The molecule has 0 bridgehead atoms. The van der Waals surface area contributed by atoms with Crippen LogP contribution in [-0.2, 0) is 0 Å². The maximum absolute atomic E-state index is 10.7. The van der Waals surface area contributed by atoms with Gasteiger partial charge in [-0.05, 0) is 19.3 Å². The van der Waals surface area contributed by atoms with E-state index in [-0.39, 0.29) is 5.69 Å². The van der Waals surface area contributed by atoms with Crippen LogP contribution >= 0.6 is 0 Å². The molecule has 1 aromatic carbocycles. The van der Waals surface area contributed by atoms with E-state index in [2.05, 4.69) is 5.16 Å². The quantitative estimate of drug-likeness (QED) is 0.286. The molecule has 1 saturated heterocycles. The third-order valence-electron chi connectivity index (χ3n) is 3.07. The van der Waals surface area contributed by atoms with E-state index in [9.17, 15) is 10.1 Å². The molecule has 0 saturated carbocycles. The fraction of sp³-hybridized carbons (Fsp3) is 0.417. The second-order valence-corrected chi connectivity index (χ2v) is 4.28. The largest absolute Gasteiger partial charge is 0.409 e. The van der Waals surface area contributed by atoms with Gasteiger partial charge < -0.3 is 10.1 Å². The van der Waals surface area contributed by atoms with Crippen molar-refractivity contribution in [2.24, 2.45) is 5.16 Å². The minimum Gasteiger partial charge on any atom is -0.409 e. The van der Waals surface area contributed by atoms with Gasteiger partial charge in [-0.25, -0.2) is 0 Å². The van der Waals surface area contributed by atoms with Gasteiger partial charge in [0.15, 0.2) is 5.84 Å². The molecule has 2 rings (SSSR count). The van der Waals surface area contributed by atoms with Gasteiger partial charge in [0.2, 0.25) is 0 Å². The molecule has 1 aromatic rings. The van der Waals surface area contributed by atoms with E-state index in [1.54, 1.807) is 12.1 Å². The van der Waals surface area contributed by atoms with E-state index in [1.807, 2.05) is 4.90 Å². The number of nitro groups is 1. The van der Waals surface area contributed by atoms with Crippen molar-refractivity contribution >= 4 is 11.5 Å². The molecule has 1 fully saturated rings. The Hall–Kier alpha value is -2.11. The first-order valence-electron chi connectivity index (χ1n) is 5.94. The molecule has 0 radical (unpaired) electrons. The summed E-state index contributed by atoms with van der Waals surface area (Å²) < 4.78 is 0. The van der Waals surface area contributed by atoms with Crippen LogP contribution in [0.1, 0.15) is 24.8 Å². The number of oxime groups is 1.